The molecule has 0 spiro atoms. The molecule has 1 aromatic heterocycles. The van der Waals surface area contributed by atoms with Crippen LogP contribution in [0.4, 0.5) is 5.69 Å². The van der Waals surface area contributed by atoms with E-state index in [9.17, 15) is 0 Å². The maximum Gasteiger partial charge on any atom is 0.110 e. The number of ether oxygens (including phenoxy) is 1. The van der Waals surface area contributed by atoms with Crippen molar-refractivity contribution in [2.24, 2.45) is 0 Å². The topological polar surface area (TPSA) is 53.1 Å². The second-order valence-electron chi connectivity index (χ2n) is 5.98. The summed E-state index contributed by atoms with van der Waals surface area (Å²) in [6.07, 6.45) is 3.30. The van der Waals surface area contributed by atoms with Gasteiger partial charge in [0.1, 0.15) is 5.82 Å². The van der Waals surface area contributed by atoms with E-state index in [1.54, 1.807) is 0 Å². The molecule has 0 saturated carbocycles. The van der Waals surface area contributed by atoms with E-state index in [0.29, 0.717) is 0 Å². The summed E-state index contributed by atoms with van der Waals surface area (Å²) >= 11 is 0. The van der Waals surface area contributed by atoms with Crippen LogP contribution in [-0.4, -0.2) is 22.3 Å². The molecule has 1 aliphatic rings. The zero-order valence-corrected chi connectivity index (χ0v) is 12.5. The van der Waals surface area contributed by atoms with Crippen LogP contribution in [0.25, 0.3) is 11.0 Å². The van der Waals surface area contributed by atoms with Gasteiger partial charge in [0, 0.05) is 18.7 Å². The summed E-state index contributed by atoms with van der Waals surface area (Å²) in [6.45, 7) is 7.44. The number of rotatable bonds is 3. The highest BCUT2D eigenvalue weighted by Crippen LogP contribution is 2.37. The smallest absolute Gasteiger partial charge is 0.110 e. The molecule has 0 amide bonds. The third kappa shape index (κ3) is 1.90. The van der Waals surface area contributed by atoms with Crippen LogP contribution in [0.15, 0.2) is 18.2 Å². The molecule has 1 aliphatic heterocycles. The predicted molar refractivity (Wildman–Crippen MR) is 81.8 cm³/mol. The third-order valence-corrected chi connectivity index (χ3v) is 4.58. The van der Waals surface area contributed by atoms with E-state index in [1.807, 2.05) is 12.1 Å². The van der Waals surface area contributed by atoms with Crippen molar-refractivity contribution in [3.05, 3.63) is 24.0 Å². The van der Waals surface area contributed by atoms with E-state index in [-0.39, 0.29) is 11.6 Å². The van der Waals surface area contributed by atoms with Crippen LogP contribution in [0.5, 0.6) is 0 Å². The van der Waals surface area contributed by atoms with Crippen molar-refractivity contribution >= 4 is 16.7 Å². The number of fused-ring (bicyclic) bond motifs is 1. The molecule has 0 aliphatic carbocycles. The Morgan fingerprint density at radius 2 is 2.30 bits per heavy atom. The summed E-state index contributed by atoms with van der Waals surface area (Å²) in [4.78, 5) is 4.81. The number of aryl methyl sites for hydroxylation is 1. The first-order valence-corrected chi connectivity index (χ1v) is 7.45. The Bertz CT molecular complexity index is 634. The number of aromatic nitrogens is 2. The first kappa shape index (κ1) is 13.4. The number of hydrogen-bond acceptors (Lipinski definition) is 3. The maximum atomic E-state index is 5.90. The lowest BCUT2D eigenvalue weighted by molar-refractivity contribution is 0.0763. The summed E-state index contributed by atoms with van der Waals surface area (Å²) in [5.41, 5.74) is 8.81. The van der Waals surface area contributed by atoms with Crippen molar-refractivity contribution in [2.75, 3.05) is 12.3 Å². The van der Waals surface area contributed by atoms with Crippen LogP contribution in [0.2, 0.25) is 0 Å². The molecule has 0 bridgehead atoms. The van der Waals surface area contributed by atoms with E-state index in [1.165, 1.54) is 5.52 Å². The van der Waals surface area contributed by atoms with Crippen LogP contribution in [0.3, 0.4) is 0 Å². The van der Waals surface area contributed by atoms with Crippen molar-refractivity contribution in [2.45, 2.75) is 51.7 Å². The lowest BCUT2D eigenvalue weighted by atomic mass is 9.93. The number of nitrogens with zero attached hydrogens (tertiary/aromatic N) is 2. The van der Waals surface area contributed by atoms with Crippen molar-refractivity contribution in [1.29, 1.82) is 0 Å². The molecule has 1 fully saturated rings. The first-order chi connectivity index (χ1) is 9.56. The number of benzene rings is 1. The number of anilines is 1. The highest BCUT2D eigenvalue weighted by Gasteiger charge is 2.40. The van der Waals surface area contributed by atoms with Crippen molar-refractivity contribution < 1.29 is 4.74 Å². The summed E-state index contributed by atoms with van der Waals surface area (Å²) in [5.74, 6) is 1.15. The van der Waals surface area contributed by atoms with Gasteiger partial charge in [-0.1, -0.05) is 6.92 Å². The van der Waals surface area contributed by atoms with Crippen molar-refractivity contribution in [1.82, 2.24) is 9.55 Å². The minimum absolute atomic E-state index is 0.0185. The summed E-state index contributed by atoms with van der Waals surface area (Å²) in [6, 6.07) is 6.02. The fourth-order valence-electron chi connectivity index (χ4n) is 3.23. The molecule has 2 atom stereocenters. The van der Waals surface area contributed by atoms with Gasteiger partial charge in [0.15, 0.2) is 0 Å². The highest BCUT2D eigenvalue weighted by molar-refractivity contribution is 5.80. The van der Waals surface area contributed by atoms with Crippen molar-refractivity contribution in [3.63, 3.8) is 0 Å². The maximum absolute atomic E-state index is 5.90. The lowest BCUT2D eigenvalue weighted by Gasteiger charge is -2.32. The van der Waals surface area contributed by atoms with E-state index in [0.717, 1.165) is 42.9 Å². The molecule has 0 radical (unpaired) electrons. The van der Waals surface area contributed by atoms with Gasteiger partial charge >= 0.3 is 0 Å². The number of nitrogens with two attached hydrogens (primary N) is 1. The highest BCUT2D eigenvalue weighted by atomic mass is 16.5. The van der Waals surface area contributed by atoms with Gasteiger partial charge < -0.3 is 15.0 Å². The fourth-order valence-corrected chi connectivity index (χ4v) is 3.23. The Morgan fingerprint density at radius 1 is 1.50 bits per heavy atom. The Labute approximate surface area is 119 Å². The Balaban J connectivity index is 2.23. The van der Waals surface area contributed by atoms with Crippen molar-refractivity contribution in [3.8, 4) is 0 Å². The normalized spacial score (nSPS) is 26.4. The zero-order chi connectivity index (χ0) is 14.3. The molecule has 3 rings (SSSR count). The van der Waals surface area contributed by atoms with E-state index >= 15 is 0 Å². The van der Waals surface area contributed by atoms with Crippen LogP contribution < -0.4 is 5.73 Å². The van der Waals surface area contributed by atoms with Gasteiger partial charge in [-0.05, 0) is 44.9 Å². The largest absolute Gasteiger partial charge is 0.399 e. The standard InChI is InChI=1S/C16H23N3O/c1-4-5-15-18-13-10-12(17)6-7-14(13)19(15)16(3)8-9-20-11(16)2/h6-7,10-11H,4-5,8-9,17H2,1-3H3. The summed E-state index contributed by atoms with van der Waals surface area (Å²) in [5, 5.41) is 0. The molecular formula is C16H23N3O. The van der Waals surface area contributed by atoms with Gasteiger partial charge in [-0.2, -0.15) is 0 Å². The van der Waals surface area contributed by atoms with Crippen LogP contribution in [-0.2, 0) is 16.7 Å². The fraction of sp³-hybridized carbons (Fsp3) is 0.562. The average Bonchev–Trinajstić information content (AvgIpc) is 2.91. The minimum Gasteiger partial charge on any atom is -0.399 e. The van der Waals surface area contributed by atoms with E-state index in [4.69, 9.17) is 15.5 Å². The van der Waals surface area contributed by atoms with Crippen LogP contribution in [0, 0.1) is 0 Å². The predicted octanol–water partition coefficient (Wildman–Crippen LogP) is 3.10. The molecule has 2 N–H and O–H groups in total. The molecule has 2 heterocycles. The van der Waals surface area contributed by atoms with E-state index < -0.39 is 0 Å². The molecule has 20 heavy (non-hydrogen) atoms. The van der Waals surface area contributed by atoms with Gasteiger partial charge in [-0.3, -0.25) is 0 Å². The molecule has 1 saturated heterocycles. The molecule has 108 valence electrons. The molecule has 4 heteroatoms. The van der Waals surface area contributed by atoms with Gasteiger partial charge in [0.05, 0.1) is 22.7 Å². The van der Waals surface area contributed by atoms with Crippen LogP contribution in [0.1, 0.15) is 39.4 Å². The molecule has 2 unspecified atom stereocenters. The molecule has 1 aromatic carbocycles. The number of nitrogen functional groups attached to an aromatic ring is 1. The molecular weight excluding hydrogens is 250 g/mol. The minimum atomic E-state index is -0.0185. The number of hydrogen-bond donors (Lipinski definition) is 1. The first-order valence-electron chi connectivity index (χ1n) is 7.45. The monoisotopic (exact) mass is 273 g/mol. The molecule has 4 nitrogen and oxygen atoms in total. The van der Waals surface area contributed by atoms with Gasteiger partial charge in [0.25, 0.3) is 0 Å². The number of imidazole rings is 1. The summed E-state index contributed by atoms with van der Waals surface area (Å²) < 4.78 is 8.22. The van der Waals surface area contributed by atoms with Gasteiger partial charge in [-0.15, -0.1) is 0 Å². The summed E-state index contributed by atoms with van der Waals surface area (Å²) in [7, 11) is 0. The zero-order valence-electron chi connectivity index (χ0n) is 12.5. The lowest BCUT2D eigenvalue weighted by Crippen LogP contribution is -2.38. The van der Waals surface area contributed by atoms with Crippen LogP contribution >= 0.6 is 0 Å². The SMILES string of the molecule is CCCc1nc2cc(N)ccc2n1C1(C)CCOC1C. The van der Waals surface area contributed by atoms with Gasteiger partial charge in [-0.25, -0.2) is 4.98 Å². The van der Waals surface area contributed by atoms with Gasteiger partial charge in [0.2, 0.25) is 0 Å². The quantitative estimate of drug-likeness (QED) is 0.874. The average molecular weight is 273 g/mol. The Kier molecular flexibility index (Phi) is 3.21. The Morgan fingerprint density at radius 3 is 2.95 bits per heavy atom. The second-order valence-corrected chi connectivity index (χ2v) is 5.98. The Hall–Kier alpha value is -1.55. The third-order valence-electron chi connectivity index (χ3n) is 4.58. The molecule has 2 aromatic rings. The second kappa shape index (κ2) is 4.77. The van der Waals surface area contributed by atoms with E-state index in [2.05, 4.69) is 31.4 Å².